The van der Waals surface area contributed by atoms with E-state index in [1.54, 1.807) is 12.1 Å². The SMILES string of the molecule is C=C(C)[C@@H]1CCc2cc(O[C@@H]3OC(COC(=O)CC(C)(O)CC(=O)O)[C@@H](O)[C@H](O)[C@H]3O)c(=O)ccc2C1. The van der Waals surface area contributed by atoms with Crippen LogP contribution in [0.2, 0.25) is 0 Å². The standard InChI is InChI=1S/C26H34O11/c1-13(2)14-4-5-16-9-18(17(27)7-6-15(16)8-14)36-25-24(33)23(32)22(31)19(37-25)12-35-21(30)11-26(3,34)10-20(28)29/h6-7,9,14,19,22-25,31-34H,1,4-5,8,10-12H2,2-3H3,(H,28,29)/t14-,19?,22-,23+,24-,25-,26?/m1/s1. The van der Waals surface area contributed by atoms with Gasteiger partial charge in [-0.15, -0.1) is 0 Å². The lowest BCUT2D eigenvalue weighted by Crippen LogP contribution is -2.60. The van der Waals surface area contributed by atoms with E-state index in [1.807, 2.05) is 6.92 Å². The van der Waals surface area contributed by atoms with Crippen LogP contribution in [0.15, 0.2) is 35.1 Å². The summed E-state index contributed by atoms with van der Waals surface area (Å²) in [5.41, 5.74) is 0.628. The third-order valence-corrected chi connectivity index (χ3v) is 6.70. The fourth-order valence-corrected chi connectivity index (χ4v) is 4.53. The Balaban J connectivity index is 1.71. The highest BCUT2D eigenvalue weighted by molar-refractivity contribution is 5.73. The number of aliphatic hydroxyl groups excluding tert-OH is 3. The summed E-state index contributed by atoms with van der Waals surface area (Å²) in [6, 6.07) is 4.68. The molecular weight excluding hydrogens is 488 g/mol. The van der Waals surface area contributed by atoms with Crippen LogP contribution in [-0.4, -0.2) is 80.4 Å². The Kier molecular flexibility index (Phi) is 9.09. The van der Waals surface area contributed by atoms with Crippen LogP contribution in [0.4, 0.5) is 0 Å². The quantitative estimate of drug-likeness (QED) is 0.219. The number of allylic oxidation sites excluding steroid dienone is 1. The molecule has 37 heavy (non-hydrogen) atoms. The molecular formula is C26H34O11. The maximum atomic E-state index is 12.7. The zero-order valence-corrected chi connectivity index (χ0v) is 20.8. The second-order valence-electron chi connectivity index (χ2n) is 10.1. The van der Waals surface area contributed by atoms with Crippen molar-refractivity contribution in [1.29, 1.82) is 0 Å². The third-order valence-electron chi connectivity index (χ3n) is 6.70. The lowest BCUT2D eigenvalue weighted by Gasteiger charge is -2.39. The average molecular weight is 523 g/mol. The summed E-state index contributed by atoms with van der Waals surface area (Å²) in [4.78, 5) is 35.6. The Hall–Kier alpha value is -2.83. The van der Waals surface area contributed by atoms with Gasteiger partial charge in [0, 0.05) is 0 Å². The molecule has 0 aromatic heterocycles. The van der Waals surface area contributed by atoms with Gasteiger partial charge in [-0.2, -0.15) is 0 Å². The number of aryl methyl sites for hydroxylation is 1. The molecule has 2 unspecified atom stereocenters. The fourth-order valence-electron chi connectivity index (χ4n) is 4.53. The van der Waals surface area contributed by atoms with Crippen molar-refractivity contribution in [3.05, 3.63) is 51.7 Å². The van der Waals surface area contributed by atoms with Gasteiger partial charge in [0.25, 0.3) is 0 Å². The van der Waals surface area contributed by atoms with Crippen LogP contribution >= 0.6 is 0 Å². The molecule has 0 bridgehead atoms. The van der Waals surface area contributed by atoms with Gasteiger partial charge >= 0.3 is 11.9 Å². The Morgan fingerprint density at radius 2 is 1.84 bits per heavy atom. The third kappa shape index (κ3) is 7.36. The summed E-state index contributed by atoms with van der Waals surface area (Å²) in [6.07, 6.45) is -7.05. The minimum Gasteiger partial charge on any atom is -0.481 e. The first-order valence-corrected chi connectivity index (χ1v) is 12.0. The molecule has 11 nitrogen and oxygen atoms in total. The van der Waals surface area contributed by atoms with Crippen molar-refractivity contribution < 1.29 is 49.3 Å². The Morgan fingerprint density at radius 3 is 2.49 bits per heavy atom. The smallest absolute Gasteiger partial charge is 0.308 e. The molecule has 1 aromatic carbocycles. The van der Waals surface area contributed by atoms with Gasteiger partial charge in [0.2, 0.25) is 11.7 Å². The highest BCUT2D eigenvalue weighted by Gasteiger charge is 2.46. The van der Waals surface area contributed by atoms with E-state index in [1.165, 1.54) is 6.07 Å². The number of aliphatic hydroxyl groups is 4. The van der Waals surface area contributed by atoms with Crippen LogP contribution in [-0.2, 0) is 31.9 Å². The molecule has 3 rings (SSSR count). The van der Waals surface area contributed by atoms with Gasteiger partial charge in [-0.3, -0.25) is 14.4 Å². The van der Waals surface area contributed by atoms with Crippen molar-refractivity contribution in [3.8, 4) is 5.75 Å². The van der Waals surface area contributed by atoms with Gasteiger partial charge in [-0.1, -0.05) is 18.2 Å². The average Bonchev–Trinajstić information content (AvgIpc) is 2.95. The second kappa shape index (κ2) is 11.7. The number of carboxylic acid groups (broad SMARTS) is 1. The van der Waals surface area contributed by atoms with E-state index in [-0.39, 0.29) is 5.75 Å². The van der Waals surface area contributed by atoms with E-state index in [9.17, 15) is 34.8 Å². The molecule has 0 radical (unpaired) electrons. The first-order chi connectivity index (χ1) is 17.3. The molecule has 0 saturated carbocycles. The van der Waals surface area contributed by atoms with E-state index in [4.69, 9.17) is 19.3 Å². The van der Waals surface area contributed by atoms with E-state index in [0.29, 0.717) is 12.3 Å². The number of hydrogen-bond acceptors (Lipinski definition) is 10. The van der Waals surface area contributed by atoms with E-state index in [2.05, 4.69) is 6.58 Å². The summed E-state index contributed by atoms with van der Waals surface area (Å²) in [5, 5.41) is 49.9. The number of aliphatic carboxylic acids is 1. The number of carbonyl (C=O) groups excluding carboxylic acids is 1. The molecule has 0 amide bonds. The first-order valence-electron chi connectivity index (χ1n) is 12.0. The number of carboxylic acids is 1. The number of rotatable bonds is 9. The molecule has 204 valence electrons. The number of carbonyl (C=O) groups is 2. The molecule has 7 atom stereocenters. The number of fused-ring (bicyclic) bond motifs is 1. The molecule has 1 heterocycles. The van der Waals surface area contributed by atoms with Gasteiger partial charge in [0.1, 0.15) is 31.0 Å². The van der Waals surface area contributed by atoms with Gasteiger partial charge < -0.3 is 39.7 Å². The predicted octanol–water partition coefficient (Wildman–Crippen LogP) is 0.0732. The molecule has 11 heteroatoms. The van der Waals surface area contributed by atoms with Crippen molar-refractivity contribution in [2.75, 3.05) is 6.61 Å². The molecule has 5 N–H and O–H groups in total. The lowest BCUT2D eigenvalue weighted by molar-refractivity contribution is -0.278. The largest absolute Gasteiger partial charge is 0.481 e. The van der Waals surface area contributed by atoms with Crippen LogP contribution in [0.5, 0.6) is 5.75 Å². The summed E-state index contributed by atoms with van der Waals surface area (Å²) >= 11 is 0. The second-order valence-corrected chi connectivity index (χ2v) is 10.1. The van der Waals surface area contributed by atoms with Crippen molar-refractivity contribution in [2.24, 2.45) is 5.92 Å². The molecule has 1 aromatic rings. The normalized spacial score (nSPS) is 28.9. The van der Waals surface area contributed by atoms with Gasteiger partial charge in [0.05, 0.1) is 18.4 Å². The van der Waals surface area contributed by atoms with Crippen LogP contribution in [0.1, 0.15) is 44.2 Å². The van der Waals surface area contributed by atoms with E-state index < -0.39 is 73.1 Å². The highest BCUT2D eigenvalue weighted by Crippen LogP contribution is 2.31. The number of esters is 1. The first kappa shape index (κ1) is 28.7. The lowest BCUT2D eigenvalue weighted by atomic mass is 9.82. The summed E-state index contributed by atoms with van der Waals surface area (Å²) < 4.78 is 16.2. The van der Waals surface area contributed by atoms with Crippen molar-refractivity contribution >= 4 is 11.9 Å². The van der Waals surface area contributed by atoms with Crippen molar-refractivity contribution in [3.63, 3.8) is 0 Å². The van der Waals surface area contributed by atoms with Crippen LogP contribution in [0.3, 0.4) is 0 Å². The van der Waals surface area contributed by atoms with Crippen LogP contribution in [0, 0.1) is 5.92 Å². The molecule has 1 fully saturated rings. The van der Waals surface area contributed by atoms with Gasteiger partial charge in [-0.05, 0) is 62.3 Å². The Bertz CT molecular complexity index is 1080. The highest BCUT2D eigenvalue weighted by atomic mass is 16.7. The van der Waals surface area contributed by atoms with Gasteiger partial charge in [-0.25, -0.2) is 0 Å². The molecule has 0 spiro atoms. The molecule has 1 saturated heterocycles. The minimum atomic E-state index is -1.85. The van der Waals surface area contributed by atoms with Crippen LogP contribution in [0.25, 0.3) is 0 Å². The van der Waals surface area contributed by atoms with E-state index >= 15 is 0 Å². The van der Waals surface area contributed by atoms with Crippen molar-refractivity contribution in [2.45, 2.75) is 82.3 Å². The zero-order valence-electron chi connectivity index (χ0n) is 20.8. The molecule has 1 aliphatic heterocycles. The minimum absolute atomic E-state index is 0.108. The van der Waals surface area contributed by atoms with E-state index in [0.717, 1.165) is 36.5 Å². The molecule has 2 aliphatic rings. The maximum absolute atomic E-state index is 12.7. The summed E-state index contributed by atoms with van der Waals surface area (Å²) in [6.45, 7) is 6.57. The Labute approximate surface area is 213 Å². The predicted molar refractivity (Wildman–Crippen MR) is 129 cm³/mol. The topological polar surface area (TPSA) is 180 Å². The van der Waals surface area contributed by atoms with Crippen molar-refractivity contribution in [1.82, 2.24) is 0 Å². The fraction of sp³-hybridized carbons (Fsp3) is 0.577. The number of hydrogen-bond donors (Lipinski definition) is 5. The number of ether oxygens (including phenoxy) is 3. The monoisotopic (exact) mass is 522 g/mol. The zero-order chi connectivity index (χ0) is 27.5. The van der Waals surface area contributed by atoms with Crippen LogP contribution < -0.4 is 10.2 Å². The molecule has 1 aliphatic carbocycles. The summed E-state index contributed by atoms with van der Waals surface area (Å²) in [5.74, 6) is -2.06. The summed E-state index contributed by atoms with van der Waals surface area (Å²) in [7, 11) is 0. The van der Waals surface area contributed by atoms with Gasteiger partial charge in [0.15, 0.2) is 5.75 Å². The maximum Gasteiger partial charge on any atom is 0.308 e. The Morgan fingerprint density at radius 1 is 1.14 bits per heavy atom.